The number of imide groups is 1. The number of carbonyl (C=O) groups excluding carboxylic acids is 4. The average Bonchev–Trinajstić information content (AvgIpc) is 3.60. The van der Waals surface area contributed by atoms with Crippen LogP contribution in [0, 0.1) is 18.8 Å². The molecule has 1 aromatic carbocycles. The molecule has 2 aliphatic heterocycles. The number of fused-ring (bicyclic) bond motifs is 1. The van der Waals surface area contributed by atoms with Gasteiger partial charge in [-0.3, -0.25) is 24.1 Å². The monoisotopic (exact) mass is 477 g/mol. The molecule has 0 bridgehead atoms. The topological polar surface area (TPSA) is 109 Å². The lowest BCUT2D eigenvalue weighted by Gasteiger charge is -2.20. The second kappa shape index (κ2) is 9.48. The van der Waals surface area contributed by atoms with Crippen LogP contribution in [0.25, 0.3) is 0 Å². The molecule has 9 heteroatoms. The predicted molar refractivity (Wildman–Crippen MR) is 124 cm³/mol. The Morgan fingerprint density at radius 1 is 1.06 bits per heavy atom. The number of aryl methyl sites for hydroxylation is 1. The van der Waals surface area contributed by atoms with Gasteiger partial charge in [-0.2, -0.15) is 5.10 Å². The van der Waals surface area contributed by atoms with Gasteiger partial charge >= 0.3 is 5.97 Å². The molecule has 1 aliphatic carbocycles. The van der Waals surface area contributed by atoms with Crippen molar-refractivity contribution < 1.29 is 28.3 Å². The summed E-state index contributed by atoms with van der Waals surface area (Å²) >= 11 is 0. The molecular weight excluding hydrogens is 450 g/mol. The molecule has 182 valence electrons. The van der Waals surface area contributed by atoms with Crippen LogP contribution in [-0.4, -0.2) is 52.5 Å². The Morgan fingerprint density at radius 2 is 1.74 bits per heavy atom. The minimum absolute atomic E-state index is 0.312. The minimum Gasteiger partial charge on any atom is -0.467 e. The number of ether oxygens (including phenoxy) is 1. The molecule has 3 heterocycles. The van der Waals surface area contributed by atoms with E-state index in [1.54, 1.807) is 12.1 Å². The van der Waals surface area contributed by atoms with E-state index in [0.29, 0.717) is 25.0 Å². The van der Waals surface area contributed by atoms with E-state index in [0.717, 1.165) is 34.6 Å². The van der Waals surface area contributed by atoms with Crippen LogP contribution >= 0.6 is 0 Å². The Balaban J connectivity index is 1.24. The Labute approximate surface area is 202 Å². The Morgan fingerprint density at radius 3 is 2.37 bits per heavy atom. The first-order valence-corrected chi connectivity index (χ1v) is 11.9. The highest BCUT2D eigenvalue weighted by molar-refractivity contribution is 6.07. The smallest absolute Gasteiger partial charge is 0.326 e. The van der Waals surface area contributed by atoms with E-state index in [9.17, 15) is 19.2 Å². The second-order valence-electron chi connectivity index (χ2n) is 9.31. The average molecular weight is 478 g/mol. The van der Waals surface area contributed by atoms with Crippen LogP contribution < -0.4 is 0 Å². The van der Waals surface area contributed by atoms with E-state index in [2.05, 4.69) is 5.10 Å². The van der Waals surface area contributed by atoms with Crippen LogP contribution in [0.15, 0.2) is 52.2 Å². The third-order valence-corrected chi connectivity index (χ3v) is 7.00. The van der Waals surface area contributed by atoms with Crippen molar-refractivity contribution >= 4 is 29.4 Å². The number of esters is 1. The van der Waals surface area contributed by atoms with Gasteiger partial charge in [0.15, 0.2) is 6.61 Å². The molecule has 3 amide bonds. The van der Waals surface area contributed by atoms with Gasteiger partial charge in [-0.05, 0) is 37.5 Å². The van der Waals surface area contributed by atoms with E-state index in [1.807, 2.05) is 31.2 Å². The summed E-state index contributed by atoms with van der Waals surface area (Å²) in [5.41, 5.74) is 2.73. The van der Waals surface area contributed by atoms with Crippen molar-refractivity contribution in [2.45, 2.75) is 45.1 Å². The van der Waals surface area contributed by atoms with Crippen molar-refractivity contribution in [1.29, 1.82) is 0 Å². The van der Waals surface area contributed by atoms with Crippen LogP contribution in [0.3, 0.4) is 0 Å². The first-order chi connectivity index (χ1) is 16.9. The molecule has 5 rings (SSSR count). The van der Waals surface area contributed by atoms with Gasteiger partial charge in [-0.1, -0.05) is 42.7 Å². The lowest BCUT2D eigenvalue weighted by atomic mass is 9.81. The highest BCUT2D eigenvalue weighted by atomic mass is 16.5. The lowest BCUT2D eigenvalue weighted by molar-refractivity contribution is -0.157. The Kier molecular flexibility index (Phi) is 6.23. The van der Waals surface area contributed by atoms with Crippen molar-refractivity contribution in [2.24, 2.45) is 16.9 Å². The van der Waals surface area contributed by atoms with E-state index in [1.165, 1.54) is 11.3 Å². The fraction of sp³-hybridized carbons (Fsp3) is 0.423. The van der Waals surface area contributed by atoms with Crippen molar-refractivity contribution in [3.8, 4) is 0 Å². The van der Waals surface area contributed by atoms with Crippen LogP contribution in [0.5, 0.6) is 0 Å². The maximum absolute atomic E-state index is 13.0. The fourth-order valence-electron chi connectivity index (χ4n) is 5.13. The molecule has 1 aromatic heterocycles. The van der Waals surface area contributed by atoms with Gasteiger partial charge in [0, 0.05) is 6.42 Å². The van der Waals surface area contributed by atoms with E-state index in [-0.39, 0.29) is 23.7 Å². The summed E-state index contributed by atoms with van der Waals surface area (Å²) in [6, 6.07) is 10.9. The van der Waals surface area contributed by atoms with Crippen molar-refractivity contribution in [3.63, 3.8) is 0 Å². The summed E-state index contributed by atoms with van der Waals surface area (Å²) < 4.78 is 10.7. The third kappa shape index (κ3) is 4.50. The molecule has 0 spiro atoms. The molecular formula is C26H27N3O6. The lowest BCUT2D eigenvalue weighted by Crippen LogP contribution is -2.38. The van der Waals surface area contributed by atoms with Crippen LogP contribution in [0.1, 0.15) is 55.0 Å². The standard InChI is InChI=1S/C26H27N3O6/c1-16-8-10-17(11-9-16)20-13-21(22-7-4-12-34-22)29(27-20)23(30)15-35-24(31)14-28-25(32)18-5-2-3-6-19(18)26(28)33/h4,7-12,18-19,21H,2-3,5-6,13-15H2,1H3/t18-,19+,21-/m1/s1. The summed E-state index contributed by atoms with van der Waals surface area (Å²) in [5.74, 6) is -2.03. The van der Waals surface area contributed by atoms with Gasteiger partial charge in [0.1, 0.15) is 18.3 Å². The normalized spacial score (nSPS) is 23.9. The second-order valence-corrected chi connectivity index (χ2v) is 9.31. The maximum Gasteiger partial charge on any atom is 0.326 e. The summed E-state index contributed by atoms with van der Waals surface area (Å²) in [6.45, 7) is 0.967. The van der Waals surface area contributed by atoms with Gasteiger partial charge in [0.25, 0.3) is 5.91 Å². The Hall–Kier alpha value is -3.75. The van der Waals surface area contributed by atoms with Crippen LogP contribution in [0.4, 0.5) is 0 Å². The zero-order valence-corrected chi connectivity index (χ0v) is 19.5. The number of hydrogen-bond donors (Lipinski definition) is 0. The zero-order chi connectivity index (χ0) is 24.5. The zero-order valence-electron chi connectivity index (χ0n) is 19.5. The number of furan rings is 1. The summed E-state index contributed by atoms with van der Waals surface area (Å²) in [6.07, 6.45) is 5.14. The minimum atomic E-state index is -0.796. The number of likely N-dealkylation sites (tertiary alicyclic amines) is 1. The number of hydrogen-bond acceptors (Lipinski definition) is 7. The number of nitrogens with zero attached hydrogens (tertiary/aromatic N) is 3. The predicted octanol–water partition coefficient (Wildman–Crippen LogP) is 2.98. The SMILES string of the molecule is Cc1ccc(C2=NN(C(=O)COC(=O)CN3C(=O)[C@H]4CCCC[C@H]4C3=O)[C@@H](c3ccco3)C2)cc1. The first-order valence-electron chi connectivity index (χ1n) is 11.9. The largest absolute Gasteiger partial charge is 0.467 e. The number of rotatable bonds is 6. The van der Waals surface area contributed by atoms with Gasteiger partial charge in [-0.25, -0.2) is 5.01 Å². The third-order valence-electron chi connectivity index (χ3n) is 7.00. The molecule has 1 saturated heterocycles. The molecule has 3 aliphatic rings. The molecule has 9 nitrogen and oxygen atoms in total. The van der Waals surface area contributed by atoms with Gasteiger partial charge in [0.2, 0.25) is 11.8 Å². The Bertz CT molecular complexity index is 1150. The van der Waals surface area contributed by atoms with Crippen molar-refractivity contribution in [2.75, 3.05) is 13.2 Å². The number of carbonyl (C=O) groups is 4. The van der Waals surface area contributed by atoms with Crippen molar-refractivity contribution in [3.05, 3.63) is 59.5 Å². The molecule has 2 aromatic rings. The number of amides is 3. The van der Waals surface area contributed by atoms with Crippen LogP contribution in [-0.2, 0) is 23.9 Å². The molecule has 0 radical (unpaired) electrons. The summed E-state index contributed by atoms with van der Waals surface area (Å²) in [7, 11) is 0. The highest BCUT2D eigenvalue weighted by Gasteiger charge is 2.48. The van der Waals surface area contributed by atoms with Gasteiger partial charge < -0.3 is 9.15 Å². The number of hydrazone groups is 1. The molecule has 0 unspecified atom stereocenters. The maximum atomic E-state index is 13.0. The fourth-order valence-corrected chi connectivity index (χ4v) is 5.13. The number of benzene rings is 1. The summed E-state index contributed by atoms with van der Waals surface area (Å²) in [5, 5.41) is 5.79. The van der Waals surface area contributed by atoms with Gasteiger partial charge in [-0.15, -0.1) is 0 Å². The molecule has 35 heavy (non-hydrogen) atoms. The van der Waals surface area contributed by atoms with Gasteiger partial charge in [0.05, 0.1) is 23.8 Å². The van der Waals surface area contributed by atoms with E-state index in [4.69, 9.17) is 9.15 Å². The quantitative estimate of drug-likeness (QED) is 0.467. The molecule has 3 atom stereocenters. The molecule has 1 saturated carbocycles. The molecule has 2 fully saturated rings. The highest BCUT2D eigenvalue weighted by Crippen LogP contribution is 2.38. The van der Waals surface area contributed by atoms with Crippen molar-refractivity contribution in [1.82, 2.24) is 9.91 Å². The van der Waals surface area contributed by atoms with E-state index < -0.39 is 31.1 Å². The van der Waals surface area contributed by atoms with Crippen LogP contribution in [0.2, 0.25) is 0 Å². The first kappa shape index (κ1) is 23.0. The van der Waals surface area contributed by atoms with E-state index >= 15 is 0 Å². The molecule has 0 N–H and O–H groups in total. The summed E-state index contributed by atoms with van der Waals surface area (Å²) in [4.78, 5) is 51.6.